The number of carbonyl (C=O) groups is 1. The number of nitrogens with one attached hydrogen (secondary N) is 1. The summed E-state index contributed by atoms with van der Waals surface area (Å²) >= 11 is 0. The van der Waals surface area contributed by atoms with E-state index in [9.17, 15) is 13.2 Å². The van der Waals surface area contributed by atoms with Gasteiger partial charge in [-0.25, -0.2) is 13.2 Å². The number of nitrogens with zero attached hydrogens (tertiary/aromatic N) is 1. The van der Waals surface area contributed by atoms with Crippen LogP contribution in [-0.2, 0) is 10.0 Å². The Bertz CT molecular complexity index is 545. The number of carboxylic acid groups (broad SMARTS) is 1. The number of H-pyrrole nitrogens is 1. The van der Waals surface area contributed by atoms with Crippen molar-refractivity contribution < 1.29 is 18.3 Å². The Balaban J connectivity index is 3.17. The topological polar surface area (TPSA) is 90.5 Å². The average molecular weight is 272 g/mol. The molecule has 18 heavy (non-hydrogen) atoms. The molecule has 0 aliphatic heterocycles. The van der Waals surface area contributed by atoms with Crippen LogP contribution in [0, 0.1) is 0 Å². The second-order valence-corrected chi connectivity index (χ2v) is 5.90. The fourth-order valence-corrected chi connectivity index (χ4v) is 3.10. The van der Waals surface area contributed by atoms with Crippen LogP contribution in [0.2, 0.25) is 0 Å². The van der Waals surface area contributed by atoms with Crippen molar-refractivity contribution in [1.82, 2.24) is 9.29 Å². The van der Waals surface area contributed by atoms with E-state index in [1.54, 1.807) is 13.8 Å². The highest BCUT2D eigenvalue weighted by Crippen LogP contribution is 2.19. The highest BCUT2D eigenvalue weighted by molar-refractivity contribution is 7.89. The minimum atomic E-state index is -3.71. The number of aromatic carboxylic acids is 1. The Kier molecular flexibility index (Phi) is 4.31. The van der Waals surface area contributed by atoms with Crippen LogP contribution in [0.5, 0.6) is 0 Å². The number of sulfonamides is 1. The van der Waals surface area contributed by atoms with Crippen LogP contribution in [0.15, 0.2) is 29.8 Å². The van der Waals surface area contributed by atoms with Crippen LogP contribution in [0.25, 0.3) is 0 Å². The predicted octanol–water partition coefficient (Wildman–Crippen LogP) is 1.30. The number of aromatic amines is 1. The van der Waals surface area contributed by atoms with Gasteiger partial charge in [-0.2, -0.15) is 4.31 Å². The summed E-state index contributed by atoms with van der Waals surface area (Å²) in [7, 11) is -3.71. The first-order chi connectivity index (χ1) is 8.30. The third-order valence-electron chi connectivity index (χ3n) is 2.38. The number of hydrogen-bond acceptors (Lipinski definition) is 3. The van der Waals surface area contributed by atoms with Crippen molar-refractivity contribution in [2.24, 2.45) is 0 Å². The van der Waals surface area contributed by atoms with E-state index in [1.165, 1.54) is 16.6 Å². The zero-order valence-corrected chi connectivity index (χ0v) is 11.1. The third kappa shape index (κ3) is 2.80. The SMILES string of the molecule is C=CCN(C(C)C)S(=O)(=O)c1c[nH]c(C(=O)O)c1. The summed E-state index contributed by atoms with van der Waals surface area (Å²) in [5.74, 6) is -1.20. The molecule has 0 bridgehead atoms. The van der Waals surface area contributed by atoms with Crippen LogP contribution < -0.4 is 0 Å². The first kappa shape index (κ1) is 14.5. The molecule has 0 atom stereocenters. The zero-order valence-electron chi connectivity index (χ0n) is 10.3. The molecular weight excluding hydrogens is 256 g/mol. The molecule has 1 aromatic rings. The van der Waals surface area contributed by atoms with Crippen molar-refractivity contribution in [2.45, 2.75) is 24.8 Å². The maximum Gasteiger partial charge on any atom is 0.352 e. The first-order valence-electron chi connectivity index (χ1n) is 5.35. The maximum absolute atomic E-state index is 12.3. The highest BCUT2D eigenvalue weighted by Gasteiger charge is 2.27. The molecule has 6 nitrogen and oxygen atoms in total. The van der Waals surface area contributed by atoms with Gasteiger partial charge in [-0.15, -0.1) is 6.58 Å². The Hall–Kier alpha value is -1.60. The van der Waals surface area contributed by atoms with Crippen molar-refractivity contribution in [1.29, 1.82) is 0 Å². The lowest BCUT2D eigenvalue weighted by Crippen LogP contribution is -2.36. The summed E-state index contributed by atoms with van der Waals surface area (Å²) in [5.41, 5.74) is -0.157. The zero-order chi connectivity index (χ0) is 13.9. The third-order valence-corrected chi connectivity index (χ3v) is 4.40. The average Bonchev–Trinajstić information content (AvgIpc) is 2.74. The van der Waals surface area contributed by atoms with Crippen molar-refractivity contribution >= 4 is 16.0 Å². The highest BCUT2D eigenvalue weighted by atomic mass is 32.2. The molecule has 1 aromatic heterocycles. The van der Waals surface area contributed by atoms with E-state index in [2.05, 4.69) is 11.6 Å². The van der Waals surface area contributed by atoms with E-state index in [-0.39, 0.29) is 23.2 Å². The lowest BCUT2D eigenvalue weighted by atomic mass is 10.4. The maximum atomic E-state index is 12.3. The van der Waals surface area contributed by atoms with E-state index in [4.69, 9.17) is 5.11 Å². The fourth-order valence-electron chi connectivity index (χ4n) is 1.50. The van der Waals surface area contributed by atoms with Crippen molar-refractivity contribution in [2.75, 3.05) is 6.54 Å². The number of carboxylic acids is 1. The molecule has 0 unspecified atom stereocenters. The number of aromatic nitrogens is 1. The molecule has 0 fully saturated rings. The molecule has 2 N–H and O–H groups in total. The molecule has 100 valence electrons. The van der Waals surface area contributed by atoms with Gasteiger partial charge in [-0.3, -0.25) is 0 Å². The Morgan fingerprint density at radius 3 is 2.61 bits per heavy atom. The molecule has 0 saturated heterocycles. The molecule has 0 amide bonds. The van der Waals surface area contributed by atoms with Crippen LogP contribution in [0.3, 0.4) is 0 Å². The van der Waals surface area contributed by atoms with Gasteiger partial charge in [0.25, 0.3) is 0 Å². The monoisotopic (exact) mass is 272 g/mol. The Labute approximate surface area is 106 Å². The second-order valence-electron chi connectivity index (χ2n) is 4.01. The molecule has 1 heterocycles. The minimum Gasteiger partial charge on any atom is -0.477 e. The molecule has 0 aliphatic rings. The molecule has 0 radical (unpaired) electrons. The molecule has 0 spiro atoms. The van der Waals surface area contributed by atoms with Gasteiger partial charge in [-0.05, 0) is 19.9 Å². The van der Waals surface area contributed by atoms with Gasteiger partial charge in [0.1, 0.15) is 10.6 Å². The van der Waals surface area contributed by atoms with Crippen molar-refractivity contribution in [3.05, 3.63) is 30.6 Å². The summed E-state index contributed by atoms with van der Waals surface area (Å²) in [6.45, 7) is 7.17. The van der Waals surface area contributed by atoms with Gasteiger partial charge < -0.3 is 10.1 Å². The summed E-state index contributed by atoms with van der Waals surface area (Å²) in [6.07, 6.45) is 2.67. The normalized spacial score (nSPS) is 12.0. The largest absolute Gasteiger partial charge is 0.477 e. The smallest absolute Gasteiger partial charge is 0.352 e. The van der Waals surface area contributed by atoms with Gasteiger partial charge in [0, 0.05) is 18.8 Å². The quantitative estimate of drug-likeness (QED) is 0.764. The molecule has 0 saturated carbocycles. The van der Waals surface area contributed by atoms with Gasteiger partial charge in [-0.1, -0.05) is 6.08 Å². The van der Waals surface area contributed by atoms with Gasteiger partial charge >= 0.3 is 5.97 Å². The van der Waals surface area contributed by atoms with E-state index >= 15 is 0 Å². The summed E-state index contributed by atoms with van der Waals surface area (Å²) in [6, 6.07) is 0.868. The van der Waals surface area contributed by atoms with Crippen LogP contribution in [0.4, 0.5) is 0 Å². The van der Waals surface area contributed by atoms with Crippen LogP contribution in [-0.4, -0.2) is 41.4 Å². The molecular formula is C11H16N2O4S. The van der Waals surface area contributed by atoms with Crippen molar-refractivity contribution in [3.63, 3.8) is 0 Å². The van der Waals surface area contributed by atoms with E-state index in [1.807, 2.05) is 0 Å². The van der Waals surface area contributed by atoms with E-state index in [0.717, 1.165) is 6.07 Å². The summed E-state index contributed by atoms with van der Waals surface area (Å²) < 4.78 is 25.8. The number of rotatable bonds is 6. The van der Waals surface area contributed by atoms with E-state index < -0.39 is 16.0 Å². The first-order valence-corrected chi connectivity index (χ1v) is 6.79. The molecule has 0 aromatic carbocycles. The van der Waals surface area contributed by atoms with Crippen LogP contribution >= 0.6 is 0 Å². The molecule has 0 aliphatic carbocycles. The van der Waals surface area contributed by atoms with Crippen molar-refractivity contribution in [3.8, 4) is 0 Å². The minimum absolute atomic E-state index is 0.0598. The summed E-state index contributed by atoms with van der Waals surface area (Å²) in [5, 5.41) is 8.76. The molecule has 7 heteroatoms. The predicted molar refractivity (Wildman–Crippen MR) is 67.0 cm³/mol. The van der Waals surface area contributed by atoms with Gasteiger partial charge in [0.2, 0.25) is 10.0 Å². The fraction of sp³-hybridized carbons (Fsp3) is 0.364. The van der Waals surface area contributed by atoms with Gasteiger partial charge in [0.05, 0.1) is 0 Å². The Morgan fingerprint density at radius 2 is 2.22 bits per heavy atom. The van der Waals surface area contributed by atoms with Crippen LogP contribution in [0.1, 0.15) is 24.3 Å². The summed E-state index contributed by atoms with van der Waals surface area (Å²) in [4.78, 5) is 13.1. The Morgan fingerprint density at radius 1 is 1.61 bits per heavy atom. The lowest BCUT2D eigenvalue weighted by molar-refractivity contribution is 0.0691. The lowest BCUT2D eigenvalue weighted by Gasteiger charge is -2.23. The van der Waals surface area contributed by atoms with Gasteiger partial charge in [0.15, 0.2) is 0 Å². The van der Waals surface area contributed by atoms with E-state index in [0.29, 0.717) is 0 Å². The molecule has 1 rings (SSSR count). The standard InChI is InChI=1S/C11H16N2O4S/c1-4-5-13(8(2)3)18(16,17)9-6-10(11(14)15)12-7-9/h4,6-8,12H,1,5H2,2-3H3,(H,14,15). The number of hydrogen-bond donors (Lipinski definition) is 2. The second kappa shape index (κ2) is 5.36.